The standard InChI is InChI=1S/C30H32N4O4S/c1-37-26-13-20-9-12-34(17-22(20)14-27(26)38-2)30(36)25-18-39-29(32-25)19-7-10-33(11-8-19)28(35)15-21-16-31-24-6-4-3-5-23(21)24/h3-6,13-14,16,18-19,31H,7-12,15,17H2,1-2H3. The van der Waals surface area contributed by atoms with Crippen molar-refractivity contribution in [2.24, 2.45) is 0 Å². The van der Waals surface area contributed by atoms with Crippen LogP contribution in [0, 0.1) is 0 Å². The van der Waals surface area contributed by atoms with Crippen molar-refractivity contribution in [1.29, 1.82) is 0 Å². The summed E-state index contributed by atoms with van der Waals surface area (Å²) < 4.78 is 10.9. The minimum atomic E-state index is -0.0377. The van der Waals surface area contributed by atoms with Crippen LogP contribution in [-0.4, -0.2) is 65.4 Å². The molecule has 202 valence electrons. The van der Waals surface area contributed by atoms with Gasteiger partial charge in [0.15, 0.2) is 11.5 Å². The highest BCUT2D eigenvalue weighted by Gasteiger charge is 2.29. The van der Waals surface area contributed by atoms with E-state index in [-0.39, 0.29) is 17.7 Å². The predicted molar refractivity (Wildman–Crippen MR) is 151 cm³/mol. The van der Waals surface area contributed by atoms with E-state index in [9.17, 15) is 9.59 Å². The topological polar surface area (TPSA) is 87.8 Å². The average molecular weight is 545 g/mol. The number of hydrogen-bond acceptors (Lipinski definition) is 6. The Morgan fingerprint density at radius 1 is 1.03 bits per heavy atom. The van der Waals surface area contributed by atoms with E-state index in [1.807, 2.05) is 51.7 Å². The van der Waals surface area contributed by atoms with E-state index in [1.54, 1.807) is 25.6 Å². The maximum Gasteiger partial charge on any atom is 0.273 e. The quantitative estimate of drug-likeness (QED) is 0.377. The number of nitrogens with zero attached hydrogens (tertiary/aromatic N) is 3. The number of amides is 2. The van der Waals surface area contributed by atoms with E-state index in [2.05, 4.69) is 11.1 Å². The first kappa shape index (κ1) is 25.4. The SMILES string of the molecule is COc1cc2c(cc1OC)CN(C(=O)c1csc(C3CCN(C(=O)Cc4c[nH]c5ccccc45)CC3)n1)CC2. The molecule has 2 aromatic heterocycles. The van der Waals surface area contributed by atoms with Crippen LogP contribution >= 0.6 is 11.3 Å². The second-order valence-corrected chi connectivity index (χ2v) is 11.1. The van der Waals surface area contributed by atoms with Crippen molar-refractivity contribution in [1.82, 2.24) is 19.8 Å². The minimum Gasteiger partial charge on any atom is -0.493 e. The lowest BCUT2D eigenvalue weighted by atomic mass is 9.97. The van der Waals surface area contributed by atoms with Crippen LogP contribution in [0.3, 0.4) is 0 Å². The Morgan fingerprint density at radius 3 is 2.54 bits per heavy atom. The molecule has 2 aromatic carbocycles. The highest BCUT2D eigenvalue weighted by molar-refractivity contribution is 7.09. The van der Waals surface area contributed by atoms with Gasteiger partial charge in [0.2, 0.25) is 5.91 Å². The first-order valence-electron chi connectivity index (χ1n) is 13.3. The van der Waals surface area contributed by atoms with Gasteiger partial charge in [-0.3, -0.25) is 9.59 Å². The largest absolute Gasteiger partial charge is 0.493 e. The zero-order valence-electron chi connectivity index (χ0n) is 22.2. The number of fused-ring (bicyclic) bond motifs is 2. The molecule has 0 bridgehead atoms. The molecule has 0 unspecified atom stereocenters. The summed E-state index contributed by atoms with van der Waals surface area (Å²) in [6, 6.07) is 12.1. The molecule has 0 atom stereocenters. The molecule has 0 aliphatic carbocycles. The second kappa shape index (κ2) is 10.7. The van der Waals surface area contributed by atoms with E-state index in [4.69, 9.17) is 14.5 Å². The van der Waals surface area contributed by atoms with Gasteiger partial charge >= 0.3 is 0 Å². The van der Waals surface area contributed by atoms with Gasteiger partial charge in [-0.1, -0.05) is 18.2 Å². The maximum atomic E-state index is 13.3. The van der Waals surface area contributed by atoms with Crippen molar-refractivity contribution in [2.75, 3.05) is 33.9 Å². The summed E-state index contributed by atoms with van der Waals surface area (Å²) >= 11 is 1.56. The van der Waals surface area contributed by atoms with Crippen molar-refractivity contribution in [3.63, 3.8) is 0 Å². The van der Waals surface area contributed by atoms with E-state index < -0.39 is 0 Å². The van der Waals surface area contributed by atoms with Crippen LogP contribution in [0.5, 0.6) is 11.5 Å². The highest BCUT2D eigenvalue weighted by atomic mass is 32.1. The van der Waals surface area contributed by atoms with Crippen LogP contribution in [0.15, 0.2) is 48.0 Å². The lowest BCUT2D eigenvalue weighted by Crippen LogP contribution is -2.38. The lowest BCUT2D eigenvalue weighted by molar-refractivity contribution is -0.131. The van der Waals surface area contributed by atoms with Gasteiger partial charge < -0.3 is 24.3 Å². The van der Waals surface area contributed by atoms with Crippen LogP contribution in [0.4, 0.5) is 0 Å². The molecule has 4 heterocycles. The number of rotatable bonds is 6. The van der Waals surface area contributed by atoms with Crippen molar-refractivity contribution in [3.05, 3.63) is 75.4 Å². The highest BCUT2D eigenvalue weighted by Crippen LogP contribution is 2.34. The predicted octanol–water partition coefficient (Wildman–Crippen LogP) is 4.79. The smallest absolute Gasteiger partial charge is 0.273 e. The zero-order chi connectivity index (χ0) is 26.9. The molecule has 1 fully saturated rings. The molecular weight excluding hydrogens is 512 g/mol. The summed E-state index contributed by atoms with van der Waals surface area (Å²) in [5, 5.41) is 3.98. The van der Waals surface area contributed by atoms with Crippen LogP contribution in [0.25, 0.3) is 10.9 Å². The molecule has 2 aliphatic rings. The van der Waals surface area contributed by atoms with Gasteiger partial charge in [-0.2, -0.15) is 0 Å². The van der Waals surface area contributed by atoms with E-state index >= 15 is 0 Å². The summed E-state index contributed by atoms with van der Waals surface area (Å²) in [5.74, 6) is 1.78. The minimum absolute atomic E-state index is 0.0377. The first-order valence-corrected chi connectivity index (χ1v) is 14.2. The normalized spacial score (nSPS) is 15.8. The van der Waals surface area contributed by atoms with Gasteiger partial charge in [0.1, 0.15) is 5.69 Å². The number of carbonyl (C=O) groups excluding carboxylic acids is 2. The van der Waals surface area contributed by atoms with E-state index in [0.717, 1.165) is 46.3 Å². The number of ether oxygens (including phenoxy) is 2. The van der Waals surface area contributed by atoms with Gasteiger partial charge in [-0.25, -0.2) is 4.98 Å². The summed E-state index contributed by atoms with van der Waals surface area (Å²) in [5.41, 5.74) is 4.87. The zero-order valence-corrected chi connectivity index (χ0v) is 23.1. The van der Waals surface area contributed by atoms with Crippen LogP contribution in [0.2, 0.25) is 0 Å². The maximum absolute atomic E-state index is 13.3. The molecule has 2 aliphatic heterocycles. The Hall–Kier alpha value is -3.85. The van der Waals surface area contributed by atoms with E-state index in [1.165, 1.54) is 5.56 Å². The molecular formula is C30H32N4O4S. The number of benzene rings is 2. The third-order valence-electron chi connectivity index (χ3n) is 7.96. The van der Waals surface area contributed by atoms with Crippen molar-refractivity contribution in [3.8, 4) is 11.5 Å². The molecule has 0 spiro atoms. The summed E-state index contributed by atoms with van der Waals surface area (Å²) in [6.45, 7) is 2.59. The van der Waals surface area contributed by atoms with Gasteiger partial charge in [0, 0.05) is 54.6 Å². The third-order valence-corrected chi connectivity index (χ3v) is 8.97. The van der Waals surface area contributed by atoms with Crippen molar-refractivity contribution < 1.29 is 19.1 Å². The van der Waals surface area contributed by atoms with Crippen LogP contribution < -0.4 is 9.47 Å². The Kier molecular flexibility index (Phi) is 6.99. The average Bonchev–Trinajstić information content (AvgIpc) is 3.64. The molecule has 39 heavy (non-hydrogen) atoms. The number of piperidine rings is 1. The molecule has 0 radical (unpaired) electrons. The van der Waals surface area contributed by atoms with Gasteiger partial charge in [-0.05, 0) is 54.2 Å². The number of carbonyl (C=O) groups is 2. The Balaban J connectivity index is 1.06. The molecule has 0 saturated carbocycles. The Morgan fingerprint density at radius 2 is 1.77 bits per heavy atom. The number of nitrogens with one attached hydrogen (secondary N) is 1. The fourth-order valence-corrected chi connectivity index (χ4v) is 6.69. The Bertz CT molecular complexity index is 1520. The fourth-order valence-electron chi connectivity index (χ4n) is 5.72. The van der Waals surface area contributed by atoms with Gasteiger partial charge in [0.25, 0.3) is 5.91 Å². The number of likely N-dealkylation sites (tertiary alicyclic amines) is 1. The number of methoxy groups -OCH3 is 2. The van der Waals surface area contributed by atoms with Crippen molar-refractivity contribution in [2.45, 2.75) is 38.1 Å². The first-order chi connectivity index (χ1) is 19.0. The number of H-pyrrole nitrogens is 1. The summed E-state index contributed by atoms with van der Waals surface area (Å²) in [6.07, 6.45) is 4.84. The number of aromatic amines is 1. The summed E-state index contributed by atoms with van der Waals surface area (Å²) in [4.78, 5) is 38.2. The van der Waals surface area contributed by atoms with Crippen LogP contribution in [-0.2, 0) is 24.2 Å². The number of hydrogen-bond donors (Lipinski definition) is 1. The summed E-state index contributed by atoms with van der Waals surface area (Å²) in [7, 11) is 3.26. The molecule has 1 N–H and O–H groups in total. The van der Waals surface area contributed by atoms with Crippen LogP contribution in [0.1, 0.15) is 50.9 Å². The molecule has 4 aromatic rings. The molecule has 6 rings (SSSR count). The van der Waals surface area contributed by atoms with Gasteiger partial charge in [0.05, 0.1) is 25.6 Å². The van der Waals surface area contributed by atoms with Crippen molar-refractivity contribution >= 4 is 34.1 Å². The third kappa shape index (κ3) is 4.98. The number of para-hydroxylation sites is 1. The van der Waals surface area contributed by atoms with E-state index in [0.29, 0.717) is 49.8 Å². The van der Waals surface area contributed by atoms with Gasteiger partial charge in [-0.15, -0.1) is 11.3 Å². The lowest BCUT2D eigenvalue weighted by Gasteiger charge is -2.31. The fraction of sp³-hybridized carbons (Fsp3) is 0.367. The molecule has 2 amide bonds. The number of thiazole rings is 1. The second-order valence-electron chi connectivity index (χ2n) is 10.2. The molecule has 8 nitrogen and oxygen atoms in total. The Labute approximate surface area is 231 Å². The molecule has 1 saturated heterocycles. The number of aromatic nitrogens is 2. The monoisotopic (exact) mass is 544 g/mol. The molecule has 9 heteroatoms.